The van der Waals surface area contributed by atoms with Crippen molar-refractivity contribution in [3.05, 3.63) is 53.6 Å². The molecule has 0 aromatic heterocycles. The smallest absolute Gasteiger partial charge is 0.243 e. The first-order valence-corrected chi connectivity index (χ1v) is 10.3. The second-order valence-corrected chi connectivity index (χ2v) is 8.53. The molecule has 2 N–H and O–H groups in total. The first-order valence-electron chi connectivity index (χ1n) is 8.87. The molecule has 0 spiro atoms. The molecule has 2 amide bonds. The summed E-state index contributed by atoms with van der Waals surface area (Å²) < 4.78 is 26.4. The first kappa shape index (κ1) is 21.6. The van der Waals surface area contributed by atoms with Gasteiger partial charge in [0.05, 0.1) is 11.4 Å². The van der Waals surface area contributed by atoms with Crippen LogP contribution in [0.25, 0.3) is 0 Å². The van der Waals surface area contributed by atoms with E-state index in [1.165, 1.54) is 31.3 Å². The number of nitrogens with one attached hydrogen (secondary N) is 2. The second-order valence-electron chi connectivity index (χ2n) is 6.48. The molecule has 0 atom stereocenters. The summed E-state index contributed by atoms with van der Waals surface area (Å²) in [6.07, 6.45) is 0.332. The van der Waals surface area contributed by atoms with E-state index < -0.39 is 15.9 Å². The largest absolute Gasteiger partial charge is 0.326 e. The fourth-order valence-corrected chi connectivity index (χ4v) is 3.63. The standard InChI is InChI=1S/C20H25N3O4S/c1-5-19(24)21-16-9-11-17(12-10-16)28(26,27)23(4)13-20(25)22-18-8-6-7-14(2)15(18)3/h6-12H,5,13H2,1-4H3,(H,21,24)(H,22,25). The number of aryl methyl sites for hydroxylation is 1. The molecule has 0 aliphatic rings. The Bertz CT molecular complexity index is 969. The Morgan fingerprint density at radius 3 is 2.21 bits per heavy atom. The number of carbonyl (C=O) groups excluding carboxylic acids is 2. The van der Waals surface area contributed by atoms with E-state index in [4.69, 9.17) is 0 Å². The van der Waals surface area contributed by atoms with Gasteiger partial charge in [-0.05, 0) is 55.3 Å². The number of hydrogen-bond acceptors (Lipinski definition) is 4. The van der Waals surface area contributed by atoms with Gasteiger partial charge in [-0.2, -0.15) is 4.31 Å². The van der Waals surface area contributed by atoms with Crippen LogP contribution in [-0.4, -0.2) is 38.1 Å². The molecule has 0 radical (unpaired) electrons. The second kappa shape index (κ2) is 8.99. The molecule has 0 aliphatic carbocycles. The Labute approximate surface area is 165 Å². The maximum absolute atomic E-state index is 12.7. The molecule has 0 aliphatic heterocycles. The van der Waals surface area contributed by atoms with E-state index >= 15 is 0 Å². The third kappa shape index (κ3) is 5.17. The predicted octanol–water partition coefficient (Wildman–Crippen LogP) is 2.91. The average Bonchev–Trinajstić information content (AvgIpc) is 2.65. The third-order valence-electron chi connectivity index (χ3n) is 4.41. The highest BCUT2D eigenvalue weighted by molar-refractivity contribution is 7.89. The van der Waals surface area contributed by atoms with E-state index in [0.29, 0.717) is 17.8 Å². The van der Waals surface area contributed by atoms with Crippen LogP contribution in [-0.2, 0) is 19.6 Å². The van der Waals surface area contributed by atoms with Crippen LogP contribution in [0.2, 0.25) is 0 Å². The van der Waals surface area contributed by atoms with Crippen molar-refractivity contribution in [2.75, 3.05) is 24.2 Å². The molecule has 28 heavy (non-hydrogen) atoms. The molecule has 8 heteroatoms. The van der Waals surface area contributed by atoms with Gasteiger partial charge in [0, 0.05) is 24.8 Å². The quantitative estimate of drug-likeness (QED) is 0.743. The van der Waals surface area contributed by atoms with Crippen LogP contribution in [0.15, 0.2) is 47.4 Å². The number of anilines is 2. The summed E-state index contributed by atoms with van der Waals surface area (Å²) in [6, 6.07) is 11.4. The van der Waals surface area contributed by atoms with Crippen LogP contribution in [0.3, 0.4) is 0 Å². The highest BCUT2D eigenvalue weighted by atomic mass is 32.2. The van der Waals surface area contributed by atoms with E-state index in [1.807, 2.05) is 26.0 Å². The van der Waals surface area contributed by atoms with Crippen LogP contribution in [0.5, 0.6) is 0 Å². The van der Waals surface area contributed by atoms with Crippen molar-refractivity contribution < 1.29 is 18.0 Å². The van der Waals surface area contributed by atoms with E-state index in [-0.39, 0.29) is 17.3 Å². The maximum atomic E-state index is 12.7. The molecule has 0 bridgehead atoms. The number of likely N-dealkylation sites (N-methyl/N-ethyl adjacent to an activating group) is 1. The van der Waals surface area contributed by atoms with Crippen molar-refractivity contribution in [3.63, 3.8) is 0 Å². The van der Waals surface area contributed by atoms with E-state index in [2.05, 4.69) is 10.6 Å². The summed E-state index contributed by atoms with van der Waals surface area (Å²) in [5.41, 5.74) is 3.15. The molecule has 0 fully saturated rings. The summed E-state index contributed by atoms with van der Waals surface area (Å²) in [6.45, 7) is 5.24. The summed E-state index contributed by atoms with van der Waals surface area (Å²) in [7, 11) is -2.48. The Morgan fingerprint density at radius 2 is 1.61 bits per heavy atom. The molecule has 150 valence electrons. The van der Waals surface area contributed by atoms with Gasteiger partial charge >= 0.3 is 0 Å². The Hall–Kier alpha value is -2.71. The molecule has 2 aromatic carbocycles. The van der Waals surface area contributed by atoms with Crippen LogP contribution < -0.4 is 10.6 Å². The Morgan fingerprint density at radius 1 is 0.964 bits per heavy atom. The predicted molar refractivity (Wildman–Crippen MR) is 110 cm³/mol. The lowest BCUT2D eigenvalue weighted by molar-refractivity contribution is -0.116. The van der Waals surface area contributed by atoms with Gasteiger partial charge < -0.3 is 10.6 Å². The zero-order chi connectivity index (χ0) is 20.9. The lowest BCUT2D eigenvalue weighted by Crippen LogP contribution is -2.35. The monoisotopic (exact) mass is 403 g/mol. The van der Waals surface area contributed by atoms with Crippen molar-refractivity contribution in [1.82, 2.24) is 4.31 Å². The minimum Gasteiger partial charge on any atom is -0.326 e. The highest BCUT2D eigenvalue weighted by Crippen LogP contribution is 2.20. The number of carbonyl (C=O) groups is 2. The van der Waals surface area contributed by atoms with Crippen molar-refractivity contribution >= 4 is 33.2 Å². The number of sulfonamides is 1. The number of rotatable bonds is 7. The fourth-order valence-electron chi connectivity index (χ4n) is 2.50. The molecule has 2 rings (SSSR count). The summed E-state index contributed by atoms with van der Waals surface area (Å²) in [5, 5.41) is 5.41. The number of amides is 2. The maximum Gasteiger partial charge on any atom is 0.243 e. The number of hydrogen-bond donors (Lipinski definition) is 2. The minimum atomic E-state index is -3.84. The number of benzene rings is 2. The van der Waals surface area contributed by atoms with Crippen LogP contribution >= 0.6 is 0 Å². The van der Waals surface area contributed by atoms with Crippen LogP contribution in [0, 0.1) is 13.8 Å². The Balaban J connectivity index is 2.07. The summed E-state index contributed by atoms with van der Waals surface area (Å²) >= 11 is 0. The van der Waals surface area contributed by atoms with Gasteiger partial charge in [-0.15, -0.1) is 0 Å². The summed E-state index contributed by atoms with van der Waals surface area (Å²) in [5.74, 6) is -0.581. The van der Waals surface area contributed by atoms with E-state index in [9.17, 15) is 18.0 Å². The lowest BCUT2D eigenvalue weighted by atomic mass is 10.1. The topological polar surface area (TPSA) is 95.6 Å². The van der Waals surface area contributed by atoms with Gasteiger partial charge in [-0.1, -0.05) is 19.1 Å². The van der Waals surface area contributed by atoms with Gasteiger partial charge in [0.15, 0.2) is 0 Å². The summed E-state index contributed by atoms with van der Waals surface area (Å²) in [4.78, 5) is 23.8. The van der Waals surface area contributed by atoms with Crippen LogP contribution in [0.4, 0.5) is 11.4 Å². The zero-order valence-corrected chi connectivity index (χ0v) is 17.3. The average molecular weight is 404 g/mol. The first-order chi connectivity index (χ1) is 13.1. The van der Waals surface area contributed by atoms with Crippen molar-refractivity contribution in [3.8, 4) is 0 Å². The van der Waals surface area contributed by atoms with Gasteiger partial charge in [0.1, 0.15) is 0 Å². The molecular weight excluding hydrogens is 378 g/mol. The minimum absolute atomic E-state index is 0.0454. The lowest BCUT2D eigenvalue weighted by Gasteiger charge is -2.18. The van der Waals surface area contributed by atoms with E-state index in [0.717, 1.165) is 15.4 Å². The normalized spacial score (nSPS) is 11.3. The molecule has 0 saturated heterocycles. The van der Waals surface area contributed by atoms with E-state index in [1.54, 1.807) is 13.0 Å². The molecule has 2 aromatic rings. The van der Waals surface area contributed by atoms with Crippen LogP contribution in [0.1, 0.15) is 24.5 Å². The Kier molecular flexibility index (Phi) is 6.93. The van der Waals surface area contributed by atoms with Gasteiger partial charge in [-0.25, -0.2) is 8.42 Å². The fraction of sp³-hybridized carbons (Fsp3) is 0.300. The number of nitrogens with zero attached hydrogens (tertiary/aromatic N) is 1. The third-order valence-corrected chi connectivity index (χ3v) is 6.23. The molecule has 0 heterocycles. The molecule has 0 saturated carbocycles. The highest BCUT2D eigenvalue weighted by Gasteiger charge is 2.23. The van der Waals surface area contributed by atoms with Gasteiger partial charge in [-0.3, -0.25) is 9.59 Å². The van der Waals surface area contributed by atoms with Gasteiger partial charge in [0.2, 0.25) is 21.8 Å². The molecular formula is C20H25N3O4S. The zero-order valence-electron chi connectivity index (χ0n) is 16.4. The van der Waals surface area contributed by atoms with Crippen molar-refractivity contribution in [1.29, 1.82) is 0 Å². The van der Waals surface area contributed by atoms with Gasteiger partial charge in [0.25, 0.3) is 0 Å². The molecule has 0 unspecified atom stereocenters. The van der Waals surface area contributed by atoms with Crippen molar-refractivity contribution in [2.24, 2.45) is 0 Å². The molecule has 7 nitrogen and oxygen atoms in total. The van der Waals surface area contributed by atoms with Crippen molar-refractivity contribution in [2.45, 2.75) is 32.1 Å². The SMILES string of the molecule is CCC(=O)Nc1ccc(S(=O)(=O)N(C)CC(=O)Nc2cccc(C)c2C)cc1.